The maximum absolute atomic E-state index is 12.5. The Labute approximate surface area is 78.9 Å². The van der Waals surface area contributed by atoms with Crippen molar-refractivity contribution in [2.24, 2.45) is 0 Å². The lowest BCUT2D eigenvalue weighted by molar-refractivity contribution is 0.0101. The first-order chi connectivity index (χ1) is 6.14. The number of hydrogen-bond donors (Lipinski definition) is 0. The van der Waals surface area contributed by atoms with Crippen molar-refractivity contribution in [2.45, 2.75) is 26.2 Å². The van der Waals surface area contributed by atoms with Gasteiger partial charge in [0.1, 0.15) is 0 Å². The van der Waals surface area contributed by atoms with Crippen LogP contribution in [0.2, 0.25) is 0 Å². The van der Waals surface area contributed by atoms with E-state index >= 15 is 0 Å². The van der Waals surface area contributed by atoms with Crippen LogP contribution in [0, 0.1) is 0 Å². The summed E-state index contributed by atoms with van der Waals surface area (Å²) >= 11 is 0. The molecule has 0 aromatic heterocycles. The van der Waals surface area contributed by atoms with Crippen LogP contribution in [-0.2, 0) is 4.74 Å². The van der Waals surface area contributed by atoms with Crippen LogP contribution in [0.25, 0.3) is 0 Å². The molecule has 1 aliphatic rings. The van der Waals surface area contributed by atoms with Crippen molar-refractivity contribution in [2.75, 3.05) is 33.4 Å². The highest BCUT2D eigenvalue weighted by Gasteiger charge is 2.37. The van der Waals surface area contributed by atoms with Gasteiger partial charge in [-0.2, -0.15) is 0 Å². The van der Waals surface area contributed by atoms with E-state index in [1.165, 1.54) is 0 Å². The summed E-state index contributed by atoms with van der Waals surface area (Å²) in [4.78, 5) is 1.73. The topological polar surface area (TPSA) is 12.5 Å². The predicted octanol–water partition coefficient (Wildman–Crippen LogP) is 2.00. The van der Waals surface area contributed by atoms with E-state index < -0.39 is 5.92 Å². The summed E-state index contributed by atoms with van der Waals surface area (Å²) in [6, 6.07) is 0. The maximum atomic E-state index is 12.5. The van der Waals surface area contributed by atoms with Crippen LogP contribution in [0.3, 0.4) is 0 Å². The second kappa shape index (κ2) is 6.27. The number of methoxy groups -OCH3 is 1. The molecule has 1 heterocycles. The Balaban J connectivity index is 0.000000671. The third kappa shape index (κ3) is 5.16. The standard InChI is InChI=1S/C7H13F2NO.C2H6/c1-11-5-4-10-3-2-7(8,9)6-10;1-2/h2-6H2,1H3;1-2H3. The Morgan fingerprint density at radius 3 is 2.38 bits per heavy atom. The van der Waals surface area contributed by atoms with E-state index in [1.54, 1.807) is 12.0 Å². The average Bonchev–Trinajstić information content (AvgIpc) is 2.46. The lowest BCUT2D eigenvalue weighted by atomic mass is 10.3. The molecule has 0 amide bonds. The molecular weight excluding hydrogens is 176 g/mol. The lowest BCUT2D eigenvalue weighted by Gasteiger charge is -2.13. The van der Waals surface area contributed by atoms with Crippen molar-refractivity contribution in [3.63, 3.8) is 0 Å². The minimum Gasteiger partial charge on any atom is -0.383 e. The molecular formula is C9H19F2NO. The molecule has 0 N–H and O–H groups in total. The second-order valence-electron chi connectivity index (χ2n) is 2.87. The Morgan fingerprint density at radius 1 is 1.38 bits per heavy atom. The van der Waals surface area contributed by atoms with Crippen LogP contribution >= 0.6 is 0 Å². The van der Waals surface area contributed by atoms with Gasteiger partial charge in [0.25, 0.3) is 5.92 Å². The summed E-state index contributed by atoms with van der Waals surface area (Å²) in [5.74, 6) is -2.46. The maximum Gasteiger partial charge on any atom is 0.261 e. The molecule has 0 aromatic rings. The molecule has 0 atom stereocenters. The zero-order valence-corrected chi connectivity index (χ0v) is 8.65. The van der Waals surface area contributed by atoms with Crippen LogP contribution in [0.1, 0.15) is 20.3 Å². The molecule has 0 bridgehead atoms. The number of alkyl halides is 2. The highest BCUT2D eigenvalue weighted by molar-refractivity contribution is 4.81. The van der Waals surface area contributed by atoms with Crippen molar-refractivity contribution in [3.05, 3.63) is 0 Å². The fourth-order valence-electron chi connectivity index (χ4n) is 1.22. The average molecular weight is 195 g/mol. The van der Waals surface area contributed by atoms with Crippen molar-refractivity contribution in [1.29, 1.82) is 0 Å². The van der Waals surface area contributed by atoms with E-state index in [0.717, 1.165) is 0 Å². The molecule has 0 radical (unpaired) electrons. The van der Waals surface area contributed by atoms with Crippen molar-refractivity contribution in [3.8, 4) is 0 Å². The minimum atomic E-state index is -2.46. The van der Waals surface area contributed by atoms with Gasteiger partial charge in [0.05, 0.1) is 13.2 Å². The molecule has 2 nitrogen and oxygen atoms in total. The van der Waals surface area contributed by atoms with Crippen molar-refractivity contribution < 1.29 is 13.5 Å². The van der Waals surface area contributed by atoms with Gasteiger partial charge in [-0.15, -0.1) is 0 Å². The van der Waals surface area contributed by atoms with Gasteiger partial charge in [0.2, 0.25) is 0 Å². The van der Waals surface area contributed by atoms with Gasteiger partial charge in [-0.3, -0.25) is 4.90 Å². The minimum absolute atomic E-state index is 0.00326. The second-order valence-corrected chi connectivity index (χ2v) is 2.87. The van der Waals surface area contributed by atoms with Gasteiger partial charge >= 0.3 is 0 Å². The van der Waals surface area contributed by atoms with Gasteiger partial charge in [-0.05, 0) is 0 Å². The SMILES string of the molecule is CC.COCCN1CCC(F)(F)C1. The largest absolute Gasteiger partial charge is 0.383 e. The molecule has 0 saturated carbocycles. The number of ether oxygens (including phenoxy) is 1. The fraction of sp³-hybridized carbons (Fsp3) is 1.00. The van der Waals surface area contributed by atoms with E-state index in [-0.39, 0.29) is 13.0 Å². The monoisotopic (exact) mass is 195 g/mol. The predicted molar refractivity (Wildman–Crippen MR) is 49.2 cm³/mol. The van der Waals surface area contributed by atoms with Gasteiger partial charge in [-0.25, -0.2) is 8.78 Å². The van der Waals surface area contributed by atoms with E-state index in [4.69, 9.17) is 4.74 Å². The molecule has 1 rings (SSSR count). The molecule has 1 fully saturated rings. The third-order valence-corrected chi connectivity index (χ3v) is 1.86. The Kier molecular flexibility index (Phi) is 6.16. The number of nitrogens with zero attached hydrogens (tertiary/aromatic N) is 1. The first-order valence-corrected chi connectivity index (χ1v) is 4.73. The lowest BCUT2D eigenvalue weighted by Crippen LogP contribution is -2.28. The molecule has 0 spiro atoms. The highest BCUT2D eigenvalue weighted by Crippen LogP contribution is 2.26. The first kappa shape index (κ1) is 12.8. The molecule has 0 unspecified atom stereocenters. The molecule has 1 saturated heterocycles. The van der Waals surface area contributed by atoms with Crippen LogP contribution in [-0.4, -0.2) is 44.2 Å². The van der Waals surface area contributed by atoms with E-state index in [1.807, 2.05) is 13.8 Å². The van der Waals surface area contributed by atoms with Crippen molar-refractivity contribution >= 4 is 0 Å². The third-order valence-electron chi connectivity index (χ3n) is 1.86. The quantitative estimate of drug-likeness (QED) is 0.683. The highest BCUT2D eigenvalue weighted by atomic mass is 19.3. The Bertz CT molecular complexity index is 131. The van der Waals surface area contributed by atoms with Crippen molar-refractivity contribution in [1.82, 2.24) is 4.90 Å². The van der Waals surface area contributed by atoms with Gasteiger partial charge in [0.15, 0.2) is 0 Å². The molecule has 0 aromatic carbocycles. The summed E-state index contributed by atoms with van der Waals surface area (Å²) in [6.07, 6.45) is -0.00326. The Morgan fingerprint density at radius 2 is 2.00 bits per heavy atom. The number of likely N-dealkylation sites (tertiary alicyclic amines) is 1. The first-order valence-electron chi connectivity index (χ1n) is 4.73. The van der Waals surface area contributed by atoms with E-state index in [0.29, 0.717) is 19.7 Å². The molecule has 13 heavy (non-hydrogen) atoms. The number of halogens is 2. The normalized spacial score (nSPS) is 21.0. The summed E-state index contributed by atoms with van der Waals surface area (Å²) in [6.45, 7) is 5.55. The molecule has 4 heteroatoms. The summed E-state index contributed by atoms with van der Waals surface area (Å²) in [5, 5.41) is 0. The van der Waals surface area contributed by atoms with E-state index in [9.17, 15) is 8.78 Å². The number of hydrogen-bond acceptors (Lipinski definition) is 2. The van der Waals surface area contributed by atoms with Crippen LogP contribution in [0.5, 0.6) is 0 Å². The molecule has 0 aliphatic carbocycles. The summed E-state index contributed by atoms with van der Waals surface area (Å²) in [7, 11) is 1.58. The fourth-order valence-corrected chi connectivity index (χ4v) is 1.22. The van der Waals surface area contributed by atoms with Gasteiger partial charge in [-0.1, -0.05) is 13.8 Å². The Hall–Kier alpha value is -0.220. The summed E-state index contributed by atoms with van der Waals surface area (Å²) in [5.41, 5.74) is 0. The van der Waals surface area contributed by atoms with Gasteiger partial charge in [0, 0.05) is 26.6 Å². The van der Waals surface area contributed by atoms with Gasteiger partial charge < -0.3 is 4.74 Å². The van der Waals surface area contributed by atoms with E-state index in [2.05, 4.69) is 0 Å². The van der Waals surface area contributed by atoms with Crippen LogP contribution in [0.4, 0.5) is 8.78 Å². The molecule has 80 valence electrons. The van der Waals surface area contributed by atoms with Crippen LogP contribution in [0.15, 0.2) is 0 Å². The number of rotatable bonds is 3. The molecule has 1 aliphatic heterocycles. The smallest absolute Gasteiger partial charge is 0.261 e. The summed E-state index contributed by atoms with van der Waals surface area (Å²) < 4.78 is 29.9. The zero-order chi connectivity index (χ0) is 10.3. The zero-order valence-electron chi connectivity index (χ0n) is 8.65. The van der Waals surface area contributed by atoms with Crippen LogP contribution < -0.4 is 0 Å².